The van der Waals surface area contributed by atoms with Crippen molar-refractivity contribution in [2.24, 2.45) is 0 Å². The van der Waals surface area contributed by atoms with Gasteiger partial charge >= 0.3 is 5.97 Å². The maximum atomic E-state index is 12.9. The summed E-state index contributed by atoms with van der Waals surface area (Å²) in [5.74, 6) is -0.296. The molecule has 1 amide bonds. The summed E-state index contributed by atoms with van der Waals surface area (Å²) in [6.45, 7) is 3.93. The van der Waals surface area contributed by atoms with E-state index in [1.165, 1.54) is 77.0 Å². The third-order valence-corrected chi connectivity index (χ3v) is 12.1. The molecule has 0 aromatic rings. The van der Waals surface area contributed by atoms with Crippen LogP contribution in [0.15, 0.2) is 72.9 Å². The Balaban J connectivity index is 2.12. The topological polar surface area (TPSA) is 175 Å². The molecule has 0 aliphatic carbocycles. The Labute approximate surface area is 407 Å². The highest BCUT2D eigenvalue weighted by Crippen LogP contribution is 2.22. The van der Waals surface area contributed by atoms with E-state index >= 15 is 0 Å². The van der Waals surface area contributed by atoms with Crippen molar-refractivity contribution in [3.05, 3.63) is 72.9 Å². The van der Waals surface area contributed by atoms with Crippen LogP contribution < -0.4 is 5.32 Å². The minimum atomic E-state index is -1.59. The van der Waals surface area contributed by atoms with Gasteiger partial charge in [-0.1, -0.05) is 157 Å². The fourth-order valence-electron chi connectivity index (χ4n) is 7.79. The summed E-state index contributed by atoms with van der Waals surface area (Å²) >= 11 is 0. The smallest absolute Gasteiger partial charge is 0.305 e. The van der Waals surface area contributed by atoms with Gasteiger partial charge in [-0.3, -0.25) is 9.59 Å². The highest BCUT2D eigenvalue weighted by molar-refractivity contribution is 5.76. The van der Waals surface area contributed by atoms with Gasteiger partial charge in [-0.05, 0) is 110 Å². The maximum Gasteiger partial charge on any atom is 0.305 e. The number of amides is 1. The third-order valence-electron chi connectivity index (χ3n) is 12.1. The first kappa shape index (κ1) is 62.1. The van der Waals surface area contributed by atoms with E-state index in [2.05, 4.69) is 66.9 Å². The van der Waals surface area contributed by atoms with Gasteiger partial charge in [0, 0.05) is 12.8 Å². The molecular formula is C56H97NO10. The Morgan fingerprint density at radius 2 is 1.07 bits per heavy atom. The predicted octanol–water partition coefficient (Wildman–Crippen LogP) is 11.3. The summed E-state index contributed by atoms with van der Waals surface area (Å²) in [6.07, 6.45) is 48.7. The number of rotatable bonds is 44. The van der Waals surface area contributed by atoms with Crippen molar-refractivity contribution in [1.82, 2.24) is 5.32 Å². The summed E-state index contributed by atoms with van der Waals surface area (Å²) in [5, 5.41) is 54.0. The average molecular weight is 944 g/mol. The maximum absolute atomic E-state index is 12.9. The molecule has 1 fully saturated rings. The van der Waals surface area contributed by atoms with E-state index in [1.54, 1.807) is 6.08 Å². The summed E-state index contributed by atoms with van der Waals surface area (Å²) in [6, 6.07) is -0.856. The lowest BCUT2D eigenvalue weighted by molar-refractivity contribution is -0.302. The first-order valence-corrected chi connectivity index (χ1v) is 26.7. The fourth-order valence-corrected chi connectivity index (χ4v) is 7.79. The monoisotopic (exact) mass is 944 g/mol. The van der Waals surface area contributed by atoms with Crippen LogP contribution in [0.5, 0.6) is 0 Å². The van der Waals surface area contributed by atoms with Gasteiger partial charge < -0.3 is 45.1 Å². The number of hydrogen-bond donors (Lipinski definition) is 6. The van der Waals surface area contributed by atoms with Gasteiger partial charge in [0.15, 0.2) is 6.29 Å². The molecule has 0 radical (unpaired) electrons. The van der Waals surface area contributed by atoms with Crippen molar-refractivity contribution in [3.63, 3.8) is 0 Å². The number of carbonyl (C=O) groups is 2. The SMILES string of the molecule is C/C=C/CC/C=C/CC/C=C/C(O)C(COC1OC(CO)C(O)C(O)C1O)NC(=O)CCCCCCC/C=C\CCCCOC(=O)CCCCCCCCCCC/C=C\C/C=C\CCCCC. The summed E-state index contributed by atoms with van der Waals surface area (Å²) in [5.41, 5.74) is 0. The number of aliphatic hydroxyl groups excluding tert-OH is 5. The Morgan fingerprint density at radius 3 is 1.66 bits per heavy atom. The van der Waals surface area contributed by atoms with Crippen LogP contribution in [0.4, 0.5) is 0 Å². The van der Waals surface area contributed by atoms with Gasteiger partial charge in [-0.2, -0.15) is 0 Å². The molecule has 7 atom stereocenters. The molecule has 1 rings (SSSR count). The number of hydrogen-bond acceptors (Lipinski definition) is 10. The number of nitrogens with one attached hydrogen (secondary N) is 1. The molecule has 0 bridgehead atoms. The molecule has 0 spiro atoms. The summed E-state index contributed by atoms with van der Waals surface area (Å²) in [4.78, 5) is 25.1. The molecule has 11 heteroatoms. The second-order valence-electron chi connectivity index (χ2n) is 18.2. The highest BCUT2D eigenvalue weighted by atomic mass is 16.7. The van der Waals surface area contributed by atoms with Crippen molar-refractivity contribution in [2.75, 3.05) is 19.8 Å². The normalized spacial score (nSPS) is 20.1. The van der Waals surface area contributed by atoms with Crippen molar-refractivity contribution in [1.29, 1.82) is 0 Å². The molecule has 67 heavy (non-hydrogen) atoms. The van der Waals surface area contributed by atoms with Crippen molar-refractivity contribution < 1.29 is 49.3 Å². The molecular weight excluding hydrogens is 847 g/mol. The molecule has 1 aliphatic rings. The molecule has 7 unspecified atom stereocenters. The number of ether oxygens (including phenoxy) is 3. The molecule has 0 saturated carbocycles. The zero-order valence-corrected chi connectivity index (χ0v) is 42.1. The molecule has 0 aromatic heterocycles. The second-order valence-corrected chi connectivity index (χ2v) is 18.2. The number of aliphatic hydroxyl groups is 5. The summed E-state index contributed by atoms with van der Waals surface area (Å²) < 4.78 is 16.6. The van der Waals surface area contributed by atoms with E-state index in [-0.39, 0.29) is 24.9 Å². The van der Waals surface area contributed by atoms with Crippen LogP contribution in [0.1, 0.15) is 206 Å². The van der Waals surface area contributed by atoms with Crippen LogP contribution in [0.2, 0.25) is 0 Å². The lowest BCUT2D eigenvalue weighted by Gasteiger charge is -2.40. The minimum Gasteiger partial charge on any atom is -0.466 e. The van der Waals surface area contributed by atoms with E-state index < -0.39 is 49.5 Å². The Bertz CT molecular complexity index is 1340. The predicted molar refractivity (Wildman–Crippen MR) is 273 cm³/mol. The van der Waals surface area contributed by atoms with E-state index in [0.717, 1.165) is 89.9 Å². The molecule has 11 nitrogen and oxygen atoms in total. The molecule has 6 N–H and O–H groups in total. The van der Waals surface area contributed by atoms with Gasteiger partial charge in [0.2, 0.25) is 5.91 Å². The third kappa shape index (κ3) is 35.8. The second kappa shape index (κ2) is 45.5. The zero-order valence-electron chi connectivity index (χ0n) is 42.1. The lowest BCUT2D eigenvalue weighted by atomic mass is 9.99. The Hall–Kier alpha value is -2.90. The van der Waals surface area contributed by atoms with E-state index in [9.17, 15) is 35.1 Å². The van der Waals surface area contributed by atoms with Crippen LogP contribution >= 0.6 is 0 Å². The number of esters is 1. The molecule has 0 aromatic carbocycles. The van der Waals surface area contributed by atoms with Crippen LogP contribution in [-0.4, -0.2) is 100 Å². The molecule has 1 heterocycles. The average Bonchev–Trinajstić information content (AvgIpc) is 3.32. The Morgan fingerprint density at radius 1 is 0.582 bits per heavy atom. The van der Waals surface area contributed by atoms with E-state index in [0.29, 0.717) is 25.9 Å². The van der Waals surface area contributed by atoms with Gasteiger partial charge in [0.25, 0.3) is 0 Å². The fraction of sp³-hybridized carbons (Fsp3) is 0.750. The van der Waals surface area contributed by atoms with Crippen LogP contribution in [0, 0.1) is 0 Å². The van der Waals surface area contributed by atoms with E-state index in [4.69, 9.17) is 14.2 Å². The largest absolute Gasteiger partial charge is 0.466 e. The van der Waals surface area contributed by atoms with Crippen LogP contribution in [-0.2, 0) is 23.8 Å². The first-order valence-electron chi connectivity index (χ1n) is 26.7. The lowest BCUT2D eigenvalue weighted by Crippen LogP contribution is -2.60. The standard InChI is InChI=1S/C56H97NO10/c1-3-5-7-9-11-13-14-15-16-17-18-19-20-21-24-28-32-36-40-44-52(61)65-45-41-37-33-29-25-22-23-27-31-35-39-43-51(60)57-48(49(59)42-38-34-30-26-12-10-8-6-4-2)47-66-56-55(64)54(63)53(62)50(46-58)67-56/h4,6,11-13,15-16,25-26,29,38,42,48-50,53-56,58-59,62-64H,3,5,7-10,14,17-24,27-28,30-37,39-41,43-47H2,1-2H3,(H,57,60)/b6-4+,13-11-,16-15-,26-12+,29-25-,42-38+. The molecule has 1 saturated heterocycles. The molecule has 1 aliphatic heterocycles. The van der Waals surface area contributed by atoms with Crippen LogP contribution in [0.3, 0.4) is 0 Å². The number of carbonyl (C=O) groups excluding carboxylic acids is 2. The van der Waals surface area contributed by atoms with Crippen molar-refractivity contribution in [3.8, 4) is 0 Å². The number of unbranched alkanes of at least 4 members (excludes halogenated alkanes) is 21. The van der Waals surface area contributed by atoms with Gasteiger partial charge in [-0.15, -0.1) is 0 Å². The summed E-state index contributed by atoms with van der Waals surface area (Å²) in [7, 11) is 0. The zero-order chi connectivity index (χ0) is 48.8. The quantitative estimate of drug-likeness (QED) is 0.0196. The number of allylic oxidation sites excluding steroid dienone is 11. The van der Waals surface area contributed by atoms with Gasteiger partial charge in [0.05, 0.1) is 32.0 Å². The minimum absolute atomic E-state index is 0.0650. The van der Waals surface area contributed by atoms with Gasteiger partial charge in [0.1, 0.15) is 24.4 Å². The van der Waals surface area contributed by atoms with Crippen molar-refractivity contribution >= 4 is 11.9 Å². The van der Waals surface area contributed by atoms with Crippen molar-refractivity contribution in [2.45, 2.75) is 249 Å². The highest BCUT2D eigenvalue weighted by Gasteiger charge is 2.44. The van der Waals surface area contributed by atoms with Gasteiger partial charge in [-0.25, -0.2) is 0 Å². The Kier molecular flexibility index (Phi) is 42.2. The first-order chi connectivity index (χ1) is 32.7. The van der Waals surface area contributed by atoms with Crippen LogP contribution in [0.25, 0.3) is 0 Å². The molecule has 386 valence electrons. The van der Waals surface area contributed by atoms with E-state index in [1.807, 2.05) is 19.1 Å².